The average Bonchev–Trinajstić information content (AvgIpc) is 2.68. The lowest BCUT2D eigenvalue weighted by Gasteiger charge is -2.06. The average molecular weight is 293 g/mol. The molecule has 2 amide bonds. The summed E-state index contributed by atoms with van der Waals surface area (Å²) >= 11 is 5.90. The number of nitrogens with one attached hydrogen (secondary N) is 2. The van der Waals surface area contributed by atoms with Crippen LogP contribution < -0.4 is 10.6 Å². The van der Waals surface area contributed by atoms with Crippen LogP contribution in [0.4, 0.5) is 10.6 Å². The summed E-state index contributed by atoms with van der Waals surface area (Å²) in [5, 5.41) is 10.3. The molecule has 0 fully saturated rings. The number of halogens is 1. The zero-order chi connectivity index (χ0) is 14.5. The molecule has 0 unspecified atom stereocenters. The number of carbonyl (C=O) groups is 1. The van der Waals surface area contributed by atoms with Crippen molar-refractivity contribution in [2.45, 2.75) is 13.3 Å². The van der Waals surface area contributed by atoms with Crippen molar-refractivity contribution >= 4 is 23.4 Å². The molecule has 0 aliphatic heterocycles. The minimum absolute atomic E-state index is 0.259. The topological polar surface area (TPSA) is 59.0 Å². The number of amides is 2. The molecule has 1 heterocycles. The van der Waals surface area contributed by atoms with E-state index >= 15 is 0 Å². The zero-order valence-electron chi connectivity index (χ0n) is 11.5. The first-order chi connectivity index (χ1) is 9.54. The Labute approximate surface area is 122 Å². The highest BCUT2D eigenvalue weighted by atomic mass is 35.5. The molecule has 20 heavy (non-hydrogen) atoms. The second-order valence-corrected chi connectivity index (χ2v) is 4.99. The number of benzene rings is 1. The first-order valence-corrected chi connectivity index (χ1v) is 6.72. The maximum Gasteiger partial charge on any atom is 0.320 e. The summed E-state index contributed by atoms with van der Waals surface area (Å²) in [6.07, 6.45) is 0.731. The fourth-order valence-electron chi connectivity index (χ4n) is 1.80. The molecule has 0 saturated heterocycles. The smallest absolute Gasteiger partial charge is 0.320 e. The molecule has 1 aromatic carbocycles. The lowest BCUT2D eigenvalue weighted by atomic mass is 10.1. The Balaban J connectivity index is 1.78. The van der Waals surface area contributed by atoms with Crippen LogP contribution in [0.2, 0.25) is 5.02 Å². The van der Waals surface area contributed by atoms with E-state index in [9.17, 15) is 4.79 Å². The van der Waals surface area contributed by atoms with Crippen LogP contribution in [0.25, 0.3) is 0 Å². The number of aromatic nitrogens is 2. The van der Waals surface area contributed by atoms with E-state index in [1.807, 2.05) is 44.3 Å². The number of anilines is 1. The van der Waals surface area contributed by atoms with Crippen molar-refractivity contribution < 1.29 is 4.79 Å². The van der Waals surface area contributed by atoms with Crippen LogP contribution in [0.5, 0.6) is 0 Å². The molecule has 2 aromatic rings. The number of aryl methyl sites for hydroxylation is 2. The minimum Gasteiger partial charge on any atom is -0.337 e. The van der Waals surface area contributed by atoms with E-state index < -0.39 is 0 Å². The third-order valence-electron chi connectivity index (χ3n) is 2.94. The van der Waals surface area contributed by atoms with E-state index in [0.717, 1.165) is 17.7 Å². The van der Waals surface area contributed by atoms with E-state index in [-0.39, 0.29) is 6.03 Å². The molecule has 6 heteroatoms. The summed E-state index contributed by atoms with van der Waals surface area (Å²) in [5.74, 6) is 0.547. The molecule has 106 valence electrons. The van der Waals surface area contributed by atoms with Gasteiger partial charge in [0, 0.05) is 30.4 Å². The molecule has 0 bridgehead atoms. The maximum atomic E-state index is 11.7. The monoisotopic (exact) mass is 292 g/mol. The molecule has 0 radical (unpaired) electrons. The van der Waals surface area contributed by atoms with E-state index in [0.29, 0.717) is 17.4 Å². The summed E-state index contributed by atoms with van der Waals surface area (Å²) in [6, 6.07) is 9.15. The van der Waals surface area contributed by atoms with Gasteiger partial charge in [0.1, 0.15) is 0 Å². The van der Waals surface area contributed by atoms with Crippen LogP contribution in [0, 0.1) is 6.92 Å². The van der Waals surface area contributed by atoms with Gasteiger partial charge in [0.15, 0.2) is 5.82 Å². The highest BCUT2D eigenvalue weighted by Gasteiger charge is 2.05. The van der Waals surface area contributed by atoms with Gasteiger partial charge in [-0.15, -0.1) is 0 Å². The Kier molecular flexibility index (Phi) is 4.63. The molecule has 0 saturated carbocycles. The number of nitrogens with zero attached hydrogens (tertiary/aromatic N) is 2. The molecule has 0 aliphatic rings. The van der Waals surface area contributed by atoms with Crippen molar-refractivity contribution in [2.24, 2.45) is 7.05 Å². The molecular weight excluding hydrogens is 276 g/mol. The second-order valence-electron chi connectivity index (χ2n) is 4.56. The van der Waals surface area contributed by atoms with Crippen LogP contribution in [0.3, 0.4) is 0 Å². The zero-order valence-corrected chi connectivity index (χ0v) is 12.2. The fraction of sp³-hybridized carbons (Fsp3) is 0.286. The summed E-state index contributed by atoms with van der Waals surface area (Å²) in [4.78, 5) is 11.7. The standard InChI is InChI=1S/C14H17ClN4O/c1-10-8-13(18-19(10)2)17-14(20)16-7-6-11-4-3-5-12(15)9-11/h3-5,8-9H,6-7H2,1-2H3,(H2,16,17,18,20). The SMILES string of the molecule is Cc1cc(NC(=O)NCCc2cccc(Cl)c2)nn1C. The fourth-order valence-corrected chi connectivity index (χ4v) is 2.01. The van der Waals surface area contributed by atoms with Crippen LogP contribution in [-0.4, -0.2) is 22.4 Å². The number of hydrogen-bond donors (Lipinski definition) is 2. The van der Waals surface area contributed by atoms with Gasteiger partial charge >= 0.3 is 6.03 Å². The van der Waals surface area contributed by atoms with Crippen LogP contribution in [0.15, 0.2) is 30.3 Å². The third-order valence-corrected chi connectivity index (χ3v) is 3.18. The second kappa shape index (κ2) is 6.43. The van der Waals surface area contributed by atoms with Gasteiger partial charge in [-0.05, 0) is 31.0 Å². The molecule has 0 aliphatic carbocycles. The molecule has 1 aromatic heterocycles. The van der Waals surface area contributed by atoms with Crippen molar-refractivity contribution in [1.82, 2.24) is 15.1 Å². The lowest BCUT2D eigenvalue weighted by Crippen LogP contribution is -2.30. The normalized spacial score (nSPS) is 10.3. The molecule has 2 N–H and O–H groups in total. The third kappa shape index (κ3) is 3.99. The highest BCUT2D eigenvalue weighted by Crippen LogP contribution is 2.10. The molecule has 0 atom stereocenters. The Morgan fingerprint density at radius 3 is 2.85 bits per heavy atom. The van der Waals surface area contributed by atoms with E-state index in [1.54, 1.807) is 4.68 Å². The summed E-state index contributed by atoms with van der Waals surface area (Å²) in [7, 11) is 1.83. The van der Waals surface area contributed by atoms with Crippen LogP contribution in [0.1, 0.15) is 11.3 Å². The van der Waals surface area contributed by atoms with E-state index in [2.05, 4.69) is 15.7 Å². The Morgan fingerprint density at radius 1 is 1.40 bits per heavy atom. The summed E-state index contributed by atoms with van der Waals surface area (Å²) in [6.45, 7) is 2.47. The number of rotatable bonds is 4. The first kappa shape index (κ1) is 14.4. The maximum absolute atomic E-state index is 11.7. The Morgan fingerprint density at radius 2 is 2.20 bits per heavy atom. The summed E-state index contributed by atoms with van der Waals surface area (Å²) < 4.78 is 1.71. The first-order valence-electron chi connectivity index (χ1n) is 6.34. The lowest BCUT2D eigenvalue weighted by molar-refractivity contribution is 0.252. The van der Waals surface area contributed by atoms with Crippen LogP contribution >= 0.6 is 11.6 Å². The number of carbonyl (C=O) groups excluding carboxylic acids is 1. The predicted molar refractivity (Wildman–Crippen MR) is 80.1 cm³/mol. The van der Waals surface area contributed by atoms with Crippen molar-refractivity contribution in [3.63, 3.8) is 0 Å². The van der Waals surface area contributed by atoms with Crippen molar-refractivity contribution in [3.05, 3.63) is 46.6 Å². The van der Waals surface area contributed by atoms with E-state index in [1.165, 1.54) is 0 Å². The van der Waals surface area contributed by atoms with Gasteiger partial charge in [-0.2, -0.15) is 5.10 Å². The van der Waals surface area contributed by atoms with Crippen molar-refractivity contribution in [2.75, 3.05) is 11.9 Å². The van der Waals surface area contributed by atoms with Crippen molar-refractivity contribution in [3.8, 4) is 0 Å². The number of urea groups is 1. The minimum atomic E-state index is -0.259. The Bertz CT molecular complexity index is 589. The quantitative estimate of drug-likeness (QED) is 0.910. The Hall–Kier alpha value is -2.01. The van der Waals surface area contributed by atoms with Gasteiger partial charge in [-0.1, -0.05) is 23.7 Å². The van der Waals surface area contributed by atoms with Gasteiger partial charge in [0.05, 0.1) is 0 Å². The molecule has 2 rings (SSSR count). The highest BCUT2D eigenvalue weighted by molar-refractivity contribution is 6.30. The van der Waals surface area contributed by atoms with Crippen molar-refractivity contribution in [1.29, 1.82) is 0 Å². The largest absolute Gasteiger partial charge is 0.337 e. The molecule has 5 nitrogen and oxygen atoms in total. The van der Waals surface area contributed by atoms with Gasteiger partial charge in [0.2, 0.25) is 0 Å². The number of hydrogen-bond acceptors (Lipinski definition) is 2. The summed E-state index contributed by atoms with van der Waals surface area (Å²) in [5.41, 5.74) is 2.07. The van der Waals surface area contributed by atoms with E-state index in [4.69, 9.17) is 11.6 Å². The van der Waals surface area contributed by atoms with Gasteiger partial charge in [-0.25, -0.2) is 4.79 Å². The predicted octanol–water partition coefficient (Wildman–Crippen LogP) is 2.75. The molecular formula is C14H17ClN4O. The molecule has 0 spiro atoms. The van der Waals surface area contributed by atoms with Gasteiger partial charge < -0.3 is 5.32 Å². The van der Waals surface area contributed by atoms with Crippen LogP contribution in [-0.2, 0) is 13.5 Å². The van der Waals surface area contributed by atoms with Gasteiger partial charge in [0.25, 0.3) is 0 Å². The van der Waals surface area contributed by atoms with Gasteiger partial charge in [-0.3, -0.25) is 10.00 Å².